The van der Waals surface area contributed by atoms with Crippen molar-refractivity contribution in [1.29, 1.82) is 0 Å². The second-order valence-corrected chi connectivity index (χ2v) is 7.29. The van der Waals surface area contributed by atoms with E-state index in [4.69, 9.17) is 4.74 Å². The largest absolute Gasteiger partial charge is 0.466 e. The number of rotatable bonds is 6. The average molecular weight is 391 g/mol. The third-order valence-electron chi connectivity index (χ3n) is 3.54. The van der Waals surface area contributed by atoms with Crippen LogP contribution in [-0.4, -0.2) is 41.7 Å². The lowest BCUT2D eigenvalue weighted by molar-refractivity contribution is -0.142. The molecule has 0 radical (unpaired) electrons. The van der Waals surface area contributed by atoms with E-state index in [1.165, 1.54) is 28.0 Å². The van der Waals surface area contributed by atoms with E-state index in [1.807, 2.05) is 24.3 Å². The van der Waals surface area contributed by atoms with Gasteiger partial charge in [-0.2, -0.15) is 0 Å². The first-order valence-electron chi connectivity index (χ1n) is 7.99. The van der Waals surface area contributed by atoms with Crippen LogP contribution in [0.1, 0.15) is 12.6 Å². The molecule has 0 saturated heterocycles. The van der Waals surface area contributed by atoms with E-state index in [0.29, 0.717) is 23.2 Å². The monoisotopic (exact) mass is 391 g/mol. The van der Waals surface area contributed by atoms with E-state index in [1.54, 1.807) is 12.3 Å². The number of anilines is 2. The van der Waals surface area contributed by atoms with Gasteiger partial charge in [-0.3, -0.25) is 14.4 Å². The Morgan fingerprint density at radius 2 is 2.15 bits per heavy atom. The Kier molecular flexibility index (Phi) is 5.89. The van der Waals surface area contributed by atoms with Gasteiger partial charge in [-0.25, -0.2) is 4.98 Å². The van der Waals surface area contributed by atoms with E-state index >= 15 is 0 Å². The third kappa shape index (κ3) is 4.41. The number of aromatic nitrogens is 1. The number of carbonyl (C=O) groups is 3. The van der Waals surface area contributed by atoms with Gasteiger partial charge in [0.25, 0.3) is 0 Å². The molecule has 1 N–H and O–H groups in total. The summed E-state index contributed by atoms with van der Waals surface area (Å²) < 4.78 is 4.87. The Morgan fingerprint density at radius 3 is 2.96 bits per heavy atom. The van der Waals surface area contributed by atoms with Crippen LogP contribution in [0.4, 0.5) is 10.8 Å². The van der Waals surface area contributed by atoms with Crippen molar-refractivity contribution in [3.63, 3.8) is 0 Å². The van der Waals surface area contributed by atoms with Crippen LogP contribution in [0.15, 0.2) is 34.5 Å². The normalized spacial score (nSPS) is 13.3. The molecular formula is C17H17N3O4S2. The number of nitrogens with zero attached hydrogens (tertiary/aromatic N) is 2. The average Bonchev–Trinajstić information content (AvgIpc) is 3.04. The Balaban J connectivity index is 1.62. The van der Waals surface area contributed by atoms with Crippen LogP contribution in [0.5, 0.6) is 0 Å². The fourth-order valence-corrected chi connectivity index (χ4v) is 4.10. The summed E-state index contributed by atoms with van der Waals surface area (Å²) in [5.74, 6) is -0.489. The Bertz CT molecular complexity index is 837. The van der Waals surface area contributed by atoms with Crippen molar-refractivity contribution in [2.24, 2.45) is 0 Å². The molecule has 9 heteroatoms. The highest BCUT2D eigenvalue weighted by molar-refractivity contribution is 8.00. The van der Waals surface area contributed by atoms with Crippen LogP contribution in [0.3, 0.4) is 0 Å². The van der Waals surface area contributed by atoms with Gasteiger partial charge < -0.3 is 15.0 Å². The predicted octanol–water partition coefficient (Wildman–Crippen LogP) is 2.33. The Hall–Kier alpha value is -2.39. The minimum atomic E-state index is -0.358. The number of thiazole rings is 1. The minimum Gasteiger partial charge on any atom is -0.466 e. The summed E-state index contributed by atoms with van der Waals surface area (Å²) in [5, 5.41) is 4.77. The van der Waals surface area contributed by atoms with E-state index in [0.717, 1.165) is 10.6 Å². The second kappa shape index (κ2) is 8.33. The standard InChI is InChI=1S/C17H17N3O4S2/c1-2-24-16(23)7-11-9-26-17(18-11)19-14(21)8-20-12-5-3-4-6-13(12)25-10-15(20)22/h3-6,9H,2,7-8,10H2,1H3,(H,18,19,21). The van der Waals surface area contributed by atoms with E-state index in [-0.39, 0.29) is 30.7 Å². The van der Waals surface area contributed by atoms with Gasteiger partial charge >= 0.3 is 5.97 Å². The molecule has 0 saturated carbocycles. The molecule has 0 spiro atoms. The van der Waals surface area contributed by atoms with Crippen molar-refractivity contribution < 1.29 is 19.1 Å². The zero-order valence-corrected chi connectivity index (χ0v) is 15.7. The van der Waals surface area contributed by atoms with Gasteiger partial charge in [-0.05, 0) is 19.1 Å². The summed E-state index contributed by atoms with van der Waals surface area (Å²) in [6, 6.07) is 7.50. The number of benzene rings is 1. The minimum absolute atomic E-state index is 0.0649. The quantitative estimate of drug-likeness (QED) is 0.761. The van der Waals surface area contributed by atoms with Crippen LogP contribution < -0.4 is 10.2 Å². The molecular weight excluding hydrogens is 374 g/mol. The molecule has 0 aliphatic carbocycles. The van der Waals surface area contributed by atoms with Crippen molar-refractivity contribution in [3.05, 3.63) is 35.3 Å². The Labute approximate surface area is 158 Å². The van der Waals surface area contributed by atoms with Crippen LogP contribution in [0.25, 0.3) is 0 Å². The maximum absolute atomic E-state index is 12.3. The number of ether oxygens (including phenoxy) is 1. The van der Waals surface area contributed by atoms with Crippen LogP contribution >= 0.6 is 23.1 Å². The molecule has 7 nitrogen and oxygen atoms in total. The number of fused-ring (bicyclic) bond motifs is 1. The van der Waals surface area contributed by atoms with Gasteiger partial charge in [0.15, 0.2) is 5.13 Å². The number of carbonyl (C=O) groups excluding carboxylic acids is 3. The summed E-state index contributed by atoms with van der Waals surface area (Å²) in [6.07, 6.45) is 0.0649. The van der Waals surface area contributed by atoms with E-state index in [2.05, 4.69) is 10.3 Å². The van der Waals surface area contributed by atoms with Crippen molar-refractivity contribution in [3.8, 4) is 0 Å². The summed E-state index contributed by atoms with van der Waals surface area (Å²) in [6.45, 7) is 1.97. The highest BCUT2D eigenvalue weighted by Crippen LogP contribution is 2.34. The number of para-hydroxylation sites is 1. The molecule has 1 aromatic heterocycles. The summed E-state index contributed by atoms with van der Waals surface area (Å²) in [5.41, 5.74) is 1.28. The van der Waals surface area contributed by atoms with Crippen molar-refractivity contribution in [1.82, 2.24) is 4.98 Å². The van der Waals surface area contributed by atoms with Crippen LogP contribution in [0, 0.1) is 0 Å². The molecule has 136 valence electrons. The van der Waals surface area contributed by atoms with Gasteiger partial charge in [0.1, 0.15) is 6.54 Å². The lowest BCUT2D eigenvalue weighted by Crippen LogP contribution is -2.41. The zero-order chi connectivity index (χ0) is 18.5. The van der Waals surface area contributed by atoms with Crippen molar-refractivity contribution >= 4 is 51.7 Å². The molecule has 2 heterocycles. The first kappa shape index (κ1) is 18.4. The highest BCUT2D eigenvalue weighted by atomic mass is 32.2. The van der Waals surface area contributed by atoms with Gasteiger partial charge in [-0.15, -0.1) is 23.1 Å². The fraction of sp³-hybridized carbons (Fsp3) is 0.294. The molecule has 1 aliphatic heterocycles. The highest BCUT2D eigenvalue weighted by Gasteiger charge is 2.26. The number of esters is 1. The predicted molar refractivity (Wildman–Crippen MR) is 101 cm³/mol. The van der Waals surface area contributed by atoms with Crippen molar-refractivity contribution in [2.75, 3.05) is 29.1 Å². The molecule has 1 aliphatic rings. The molecule has 0 atom stereocenters. The number of nitrogens with one attached hydrogen (secondary N) is 1. The molecule has 2 amide bonds. The van der Waals surface area contributed by atoms with Crippen LogP contribution in [0.2, 0.25) is 0 Å². The van der Waals surface area contributed by atoms with E-state index in [9.17, 15) is 14.4 Å². The number of thioether (sulfide) groups is 1. The molecule has 3 rings (SSSR count). The number of amides is 2. The second-order valence-electron chi connectivity index (χ2n) is 5.41. The molecule has 0 unspecified atom stereocenters. The lowest BCUT2D eigenvalue weighted by Gasteiger charge is -2.28. The lowest BCUT2D eigenvalue weighted by atomic mass is 10.2. The molecule has 1 aromatic carbocycles. The summed E-state index contributed by atoms with van der Waals surface area (Å²) in [4.78, 5) is 42.7. The number of hydrogen-bond donors (Lipinski definition) is 1. The fourth-order valence-electron chi connectivity index (χ4n) is 2.44. The van der Waals surface area contributed by atoms with Gasteiger partial charge in [0.05, 0.1) is 30.2 Å². The topological polar surface area (TPSA) is 88.6 Å². The zero-order valence-electron chi connectivity index (χ0n) is 14.1. The molecule has 26 heavy (non-hydrogen) atoms. The summed E-state index contributed by atoms with van der Waals surface area (Å²) in [7, 11) is 0. The SMILES string of the molecule is CCOC(=O)Cc1csc(NC(=O)CN2C(=O)CSc3ccccc32)n1. The maximum atomic E-state index is 12.3. The smallest absolute Gasteiger partial charge is 0.311 e. The number of hydrogen-bond acceptors (Lipinski definition) is 7. The molecule has 0 fully saturated rings. The van der Waals surface area contributed by atoms with Gasteiger partial charge in [0, 0.05) is 10.3 Å². The first-order chi connectivity index (χ1) is 12.6. The Morgan fingerprint density at radius 1 is 1.35 bits per heavy atom. The third-order valence-corrected chi connectivity index (χ3v) is 5.39. The van der Waals surface area contributed by atoms with E-state index < -0.39 is 0 Å². The van der Waals surface area contributed by atoms with Crippen molar-refractivity contribution in [2.45, 2.75) is 18.2 Å². The van der Waals surface area contributed by atoms with Gasteiger partial charge in [0.2, 0.25) is 11.8 Å². The molecule has 2 aromatic rings. The van der Waals surface area contributed by atoms with Crippen LogP contribution in [-0.2, 0) is 25.5 Å². The first-order valence-corrected chi connectivity index (χ1v) is 9.85. The molecule has 0 bridgehead atoms. The maximum Gasteiger partial charge on any atom is 0.311 e. The van der Waals surface area contributed by atoms with Gasteiger partial charge in [-0.1, -0.05) is 12.1 Å². The summed E-state index contributed by atoms with van der Waals surface area (Å²) >= 11 is 2.70.